The van der Waals surface area contributed by atoms with E-state index >= 15 is 0 Å². The summed E-state index contributed by atoms with van der Waals surface area (Å²) in [5.41, 5.74) is 0.671. The Balaban J connectivity index is 2.27. The molecule has 1 heterocycles. The Kier molecular flexibility index (Phi) is 6.36. The number of rotatable bonds is 8. The minimum atomic E-state index is -0.330. The molecule has 4 heteroatoms. The summed E-state index contributed by atoms with van der Waals surface area (Å²) < 4.78 is 5.37. The van der Waals surface area contributed by atoms with Gasteiger partial charge in [-0.3, -0.25) is 4.79 Å². The summed E-state index contributed by atoms with van der Waals surface area (Å²) in [5, 5.41) is 6.33. The van der Waals surface area contributed by atoms with Crippen molar-refractivity contribution >= 4 is 5.91 Å². The lowest BCUT2D eigenvalue weighted by molar-refractivity contribution is -0.127. The van der Waals surface area contributed by atoms with Crippen LogP contribution in [-0.2, 0) is 9.53 Å². The summed E-state index contributed by atoms with van der Waals surface area (Å²) >= 11 is 0. The molecule has 1 aliphatic rings. The van der Waals surface area contributed by atoms with E-state index in [1.54, 1.807) is 0 Å². The van der Waals surface area contributed by atoms with Crippen LogP contribution < -0.4 is 10.6 Å². The van der Waals surface area contributed by atoms with Gasteiger partial charge in [-0.1, -0.05) is 25.5 Å². The molecule has 0 aromatic carbocycles. The molecule has 1 saturated heterocycles. The van der Waals surface area contributed by atoms with Crippen molar-refractivity contribution in [2.45, 2.75) is 45.1 Å². The summed E-state index contributed by atoms with van der Waals surface area (Å²) in [6.45, 7) is 10.4. The fourth-order valence-electron chi connectivity index (χ4n) is 2.41. The molecule has 0 aromatic rings. The molecule has 1 aliphatic heterocycles. The Morgan fingerprint density at radius 2 is 2.33 bits per heavy atom. The molecule has 0 aliphatic carbocycles. The van der Waals surface area contributed by atoms with Crippen LogP contribution in [0.25, 0.3) is 0 Å². The Morgan fingerprint density at radius 1 is 1.56 bits per heavy atom. The van der Waals surface area contributed by atoms with Gasteiger partial charge in [-0.15, -0.1) is 0 Å². The summed E-state index contributed by atoms with van der Waals surface area (Å²) in [7, 11) is 0. The van der Waals surface area contributed by atoms with Crippen molar-refractivity contribution in [1.29, 1.82) is 0 Å². The molecule has 1 unspecified atom stereocenters. The van der Waals surface area contributed by atoms with Crippen molar-refractivity contribution < 1.29 is 9.53 Å². The van der Waals surface area contributed by atoms with Crippen LogP contribution >= 0.6 is 0 Å². The van der Waals surface area contributed by atoms with Crippen LogP contribution in [0.1, 0.15) is 39.5 Å². The van der Waals surface area contributed by atoms with Crippen LogP contribution in [0.4, 0.5) is 0 Å². The number of hydrogen-bond acceptors (Lipinski definition) is 3. The lowest BCUT2D eigenvalue weighted by Crippen LogP contribution is -2.53. The molecule has 104 valence electrons. The van der Waals surface area contributed by atoms with Gasteiger partial charge in [0.1, 0.15) is 0 Å². The number of ether oxygens (including phenoxy) is 1. The monoisotopic (exact) mass is 254 g/mol. The molecule has 0 spiro atoms. The fourth-order valence-corrected chi connectivity index (χ4v) is 2.41. The molecule has 1 amide bonds. The van der Waals surface area contributed by atoms with Crippen LogP contribution in [0.15, 0.2) is 12.2 Å². The van der Waals surface area contributed by atoms with Crippen LogP contribution in [0.3, 0.4) is 0 Å². The smallest absolute Gasteiger partial charge is 0.240 e. The molecule has 0 radical (unpaired) electrons. The van der Waals surface area contributed by atoms with E-state index in [-0.39, 0.29) is 11.4 Å². The first-order valence-corrected chi connectivity index (χ1v) is 6.86. The second-order valence-corrected chi connectivity index (χ2v) is 5.13. The van der Waals surface area contributed by atoms with Crippen molar-refractivity contribution in [2.24, 2.45) is 0 Å². The van der Waals surface area contributed by atoms with Gasteiger partial charge in [0.25, 0.3) is 0 Å². The van der Waals surface area contributed by atoms with E-state index in [0.29, 0.717) is 19.8 Å². The maximum atomic E-state index is 12.2. The van der Waals surface area contributed by atoms with Gasteiger partial charge >= 0.3 is 0 Å². The molecule has 1 fully saturated rings. The first kappa shape index (κ1) is 15.2. The highest BCUT2D eigenvalue weighted by Gasteiger charge is 2.39. The Labute approximate surface area is 110 Å². The van der Waals surface area contributed by atoms with Crippen molar-refractivity contribution in [2.75, 3.05) is 26.3 Å². The lowest BCUT2D eigenvalue weighted by atomic mass is 9.91. The van der Waals surface area contributed by atoms with E-state index in [1.165, 1.54) is 0 Å². The minimum Gasteiger partial charge on any atom is -0.375 e. The van der Waals surface area contributed by atoms with E-state index in [2.05, 4.69) is 24.1 Å². The molecule has 4 nitrogen and oxygen atoms in total. The summed E-state index contributed by atoms with van der Waals surface area (Å²) in [4.78, 5) is 12.2. The van der Waals surface area contributed by atoms with Gasteiger partial charge in [-0.2, -0.15) is 0 Å². The predicted octanol–water partition coefficient (Wildman–Crippen LogP) is 1.62. The predicted molar refractivity (Wildman–Crippen MR) is 73.5 cm³/mol. The third kappa shape index (κ3) is 4.42. The van der Waals surface area contributed by atoms with Gasteiger partial charge in [0.2, 0.25) is 5.91 Å². The first-order chi connectivity index (χ1) is 8.60. The summed E-state index contributed by atoms with van der Waals surface area (Å²) in [5.74, 6) is 0.126. The normalized spacial score (nSPS) is 23.0. The van der Waals surface area contributed by atoms with Gasteiger partial charge in [0.15, 0.2) is 0 Å². The zero-order valence-electron chi connectivity index (χ0n) is 11.7. The largest absolute Gasteiger partial charge is 0.375 e. The molecule has 2 N–H and O–H groups in total. The molecule has 1 rings (SSSR count). The van der Waals surface area contributed by atoms with E-state index in [0.717, 1.165) is 37.8 Å². The Bertz CT molecular complexity index is 284. The van der Waals surface area contributed by atoms with Gasteiger partial charge in [-0.25, -0.2) is 0 Å². The van der Waals surface area contributed by atoms with Crippen LogP contribution in [0.2, 0.25) is 0 Å². The van der Waals surface area contributed by atoms with E-state index < -0.39 is 0 Å². The maximum Gasteiger partial charge on any atom is 0.240 e. The van der Waals surface area contributed by atoms with Gasteiger partial charge in [0.05, 0.1) is 18.8 Å². The number of amides is 1. The number of carbonyl (C=O) groups excluding carboxylic acids is 1. The van der Waals surface area contributed by atoms with Crippen LogP contribution in [-0.4, -0.2) is 37.7 Å². The van der Waals surface area contributed by atoms with Crippen LogP contribution in [0, 0.1) is 0 Å². The Hall–Kier alpha value is -0.870. The van der Waals surface area contributed by atoms with Crippen LogP contribution in [0.5, 0.6) is 0 Å². The second-order valence-electron chi connectivity index (χ2n) is 5.13. The fraction of sp³-hybridized carbons (Fsp3) is 0.786. The topological polar surface area (TPSA) is 50.4 Å². The van der Waals surface area contributed by atoms with Crippen molar-refractivity contribution in [3.63, 3.8) is 0 Å². The van der Waals surface area contributed by atoms with Gasteiger partial charge in [0, 0.05) is 6.54 Å². The zero-order chi connectivity index (χ0) is 13.4. The average Bonchev–Trinajstić information content (AvgIpc) is 2.78. The third-order valence-electron chi connectivity index (χ3n) is 3.24. The molecular formula is C14H26N2O2. The average molecular weight is 254 g/mol. The van der Waals surface area contributed by atoms with Crippen molar-refractivity contribution in [3.05, 3.63) is 12.2 Å². The molecule has 0 saturated carbocycles. The number of hydrogen-bond donors (Lipinski definition) is 2. The number of nitrogens with one attached hydrogen (secondary N) is 2. The SMILES string of the molecule is C=C(C)COCCNC(=O)C1(CCC)CCCN1. The van der Waals surface area contributed by atoms with E-state index in [1.807, 2.05) is 6.92 Å². The highest BCUT2D eigenvalue weighted by Crippen LogP contribution is 2.24. The van der Waals surface area contributed by atoms with Crippen molar-refractivity contribution in [1.82, 2.24) is 10.6 Å². The van der Waals surface area contributed by atoms with Gasteiger partial charge < -0.3 is 15.4 Å². The summed E-state index contributed by atoms with van der Waals surface area (Å²) in [6, 6.07) is 0. The molecule has 0 bridgehead atoms. The maximum absolute atomic E-state index is 12.2. The highest BCUT2D eigenvalue weighted by molar-refractivity contribution is 5.86. The van der Waals surface area contributed by atoms with Gasteiger partial charge in [-0.05, 0) is 32.7 Å². The lowest BCUT2D eigenvalue weighted by Gasteiger charge is -2.27. The first-order valence-electron chi connectivity index (χ1n) is 6.86. The van der Waals surface area contributed by atoms with E-state index in [9.17, 15) is 4.79 Å². The molecule has 0 aromatic heterocycles. The number of carbonyl (C=O) groups is 1. The van der Waals surface area contributed by atoms with Crippen molar-refractivity contribution in [3.8, 4) is 0 Å². The zero-order valence-corrected chi connectivity index (χ0v) is 11.7. The molecule has 1 atom stereocenters. The quantitative estimate of drug-likeness (QED) is 0.511. The second kappa shape index (κ2) is 7.54. The highest BCUT2D eigenvalue weighted by atomic mass is 16.5. The van der Waals surface area contributed by atoms with E-state index in [4.69, 9.17) is 4.74 Å². The minimum absolute atomic E-state index is 0.126. The standard InChI is InChI=1S/C14H26N2O2/c1-4-6-14(7-5-8-16-14)13(17)15-9-10-18-11-12(2)3/h16H,2,4-11H2,1,3H3,(H,15,17). The molecular weight excluding hydrogens is 228 g/mol. The molecule has 18 heavy (non-hydrogen) atoms. The Morgan fingerprint density at radius 3 is 2.89 bits per heavy atom. The third-order valence-corrected chi connectivity index (χ3v) is 3.24. The summed E-state index contributed by atoms with van der Waals surface area (Å²) in [6.07, 6.45) is 3.96.